The molecule has 0 radical (unpaired) electrons. The number of likely N-dealkylation sites (N-methyl/N-ethyl adjacent to an activating group) is 1. The largest absolute Gasteiger partial charge is 0.508 e. The average Bonchev–Trinajstić information content (AvgIpc) is 2.84. The summed E-state index contributed by atoms with van der Waals surface area (Å²) in [5.74, 6) is 1.30. The molecule has 1 saturated heterocycles. The maximum atomic E-state index is 9.92. The molecule has 1 aromatic rings. The number of nitrogens with zero attached hydrogens (tertiary/aromatic N) is 1. The Hall–Kier alpha value is -1.02. The van der Waals surface area contributed by atoms with Gasteiger partial charge in [-0.2, -0.15) is 0 Å². The van der Waals surface area contributed by atoms with Crippen molar-refractivity contribution in [3.63, 3.8) is 0 Å². The third-order valence-corrected chi connectivity index (χ3v) is 6.83. The number of hydrogen-bond donors (Lipinski definition) is 1. The molecule has 1 heterocycles. The van der Waals surface area contributed by atoms with Gasteiger partial charge in [-0.3, -0.25) is 4.90 Å². The van der Waals surface area contributed by atoms with Crippen molar-refractivity contribution in [1.82, 2.24) is 4.90 Å². The molecular formula is C17H21NO. The van der Waals surface area contributed by atoms with Crippen LogP contribution < -0.4 is 0 Å². The topological polar surface area (TPSA) is 23.2 Å². The Morgan fingerprint density at radius 1 is 1.32 bits per heavy atom. The van der Waals surface area contributed by atoms with Crippen LogP contribution in [0.2, 0.25) is 0 Å². The number of benzene rings is 1. The van der Waals surface area contributed by atoms with Crippen molar-refractivity contribution in [2.45, 2.75) is 55.5 Å². The van der Waals surface area contributed by atoms with E-state index in [1.165, 1.54) is 49.7 Å². The molecule has 1 aromatic carbocycles. The third-order valence-electron chi connectivity index (χ3n) is 6.83. The number of fused-ring (bicyclic) bond motifs is 2. The molecule has 2 bridgehead atoms. The molecule has 3 aliphatic carbocycles. The Bertz CT molecular complexity index is 583. The van der Waals surface area contributed by atoms with E-state index >= 15 is 0 Å². The highest BCUT2D eigenvalue weighted by Gasteiger charge is 2.76. The first-order valence-corrected chi connectivity index (χ1v) is 7.73. The van der Waals surface area contributed by atoms with Crippen molar-refractivity contribution in [3.8, 4) is 5.75 Å². The Kier molecular flexibility index (Phi) is 1.70. The highest BCUT2D eigenvalue weighted by atomic mass is 16.3. The minimum atomic E-state index is 0.405. The van der Waals surface area contributed by atoms with Crippen molar-refractivity contribution in [1.29, 1.82) is 0 Å². The van der Waals surface area contributed by atoms with Gasteiger partial charge < -0.3 is 5.11 Å². The lowest BCUT2D eigenvalue weighted by Crippen LogP contribution is -2.43. The van der Waals surface area contributed by atoms with Gasteiger partial charge in [-0.25, -0.2) is 0 Å². The first-order valence-electron chi connectivity index (χ1n) is 7.73. The van der Waals surface area contributed by atoms with Gasteiger partial charge in [0, 0.05) is 17.0 Å². The summed E-state index contributed by atoms with van der Waals surface area (Å²) in [5.41, 5.74) is 3.91. The van der Waals surface area contributed by atoms with Gasteiger partial charge in [0.2, 0.25) is 0 Å². The predicted molar refractivity (Wildman–Crippen MR) is 74.3 cm³/mol. The van der Waals surface area contributed by atoms with Gasteiger partial charge in [0.15, 0.2) is 0 Å². The number of aromatic hydroxyl groups is 1. The van der Waals surface area contributed by atoms with Gasteiger partial charge in [-0.05, 0) is 61.9 Å². The van der Waals surface area contributed by atoms with Crippen LogP contribution in [-0.2, 0) is 11.8 Å². The van der Waals surface area contributed by atoms with Gasteiger partial charge in [0.05, 0.1) is 0 Å². The van der Waals surface area contributed by atoms with Crippen LogP contribution in [0.1, 0.15) is 43.2 Å². The molecule has 2 nitrogen and oxygen atoms in total. The summed E-state index contributed by atoms with van der Waals surface area (Å²) in [7, 11) is 2.33. The van der Waals surface area contributed by atoms with E-state index in [1.807, 2.05) is 6.07 Å². The molecule has 19 heavy (non-hydrogen) atoms. The molecule has 2 spiro atoms. The van der Waals surface area contributed by atoms with Crippen molar-refractivity contribution < 1.29 is 5.11 Å². The SMILES string of the molecule is CN1[C@@H]2[C@H]3CCCC[C@]34CC21Cc1ccc(O)cc14. The van der Waals surface area contributed by atoms with Crippen LogP contribution >= 0.6 is 0 Å². The monoisotopic (exact) mass is 255 g/mol. The van der Waals surface area contributed by atoms with E-state index in [-0.39, 0.29) is 0 Å². The van der Waals surface area contributed by atoms with Crippen LogP contribution in [-0.4, -0.2) is 28.6 Å². The molecule has 5 rings (SSSR count). The maximum Gasteiger partial charge on any atom is 0.115 e. The summed E-state index contributed by atoms with van der Waals surface area (Å²) in [5, 5.41) is 9.92. The molecule has 0 amide bonds. The lowest BCUT2D eigenvalue weighted by Gasteiger charge is -2.46. The predicted octanol–water partition coefficient (Wildman–Crippen LogP) is 2.83. The van der Waals surface area contributed by atoms with Crippen LogP contribution in [0.3, 0.4) is 0 Å². The van der Waals surface area contributed by atoms with Crippen LogP contribution in [0.25, 0.3) is 0 Å². The molecule has 1 aliphatic heterocycles. The van der Waals surface area contributed by atoms with E-state index in [4.69, 9.17) is 0 Å². The molecule has 2 unspecified atom stereocenters. The first kappa shape index (κ1) is 10.7. The highest BCUT2D eigenvalue weighted by Crippen LogP contribution is 2.71. The second-order valence-electron chi connectivity index (χ2n) is 7.36. The molecular weight excluding hydrogens is 234 g/mol. The first-order chi connectivity index (χ1) is 9.17. The minimum absolute atomic E-state index is 0.405. The Morgan fingerprint density at radius 2 is 2.21 bits per heavy atom. The van der Waals surface area contributed by atoms with Gasteiger partial charge in [-0.1, -0.05) is 18.9 Å². The van der Waals surface area contributed by atoms with Crippen molar-refractivity contribution in [2.75, 3.05) is 7.05 Å². The lowest BCUT2D eigenvalue weighted by atomic mass is 9.60. The number of rotatable bonds is 0. The summed E-state index contributed by atoms with van der Waals surface area (Å²) in [4.78, 5) is 2.65. The van der Waals surface area contributed by atoms with E-state index in [2.05, 4.69) is 24.1 Å². The fraction of sp³-hybridized carbons (Fsp3) is 0.647. The van der Waals surface area contributed by atoms with Gasteiger partial charge in [0.1, 0.15) is 5.75 Å². The maximum absolute atomic E-state index is 9.92. The second kappa shape index (κ2) is 3.01. The molecule has 2 saturated carbocycles. The number of hydrogen-bond acceptors (Lipinski definition) is 2. The van der Waals surface area contributed by atoms with Crippen molar-refractivity contribution >= 4 is 0 Å². The summed E-state index contributed by atoms with van der Waals surface area (Å²) < 4.78 is 0. The fourth-order valence-electron chi connectivity index (χ4n) is 6.15. The van der Waals surface area contributed by atoms with Crippen molar-refractivity contribution in [2.24, 2.45) is 5.92 Å². The van der Waals surface area contributed by atoms with E-state index in [1.54, 1.807) is 0 Å². The Labute approximate surface area is 114 Å². The molecule has 3 fully saturated rings. The molecule has 5 atom stereocenters. The quantitative estimate of drug-likeness (QED) is 0.721. The van der Waals surface area contributed by atoms with E-state index in [9.17, 15) is 5.11 Å². The zero-order valence-electron chi connectivity index (χ0n) is 11.5. The van der Waals surface area contributed by atoms with Gasteiger partial charge in [-0.15, -0.1) is 0 Å². The van der Waals surface area contributed by atoms with Crippen LogP contribution in [0, 0.1) is 5.92 Å². The van der Waals surface area contributed by atoms with Gasteiger partial charge >= 0.3 is 0 Å². The molecule has 1 N–H and O–H groups in total. The van der Waals surface area contributed by atoms with Crippen LogP contribution in [0.4, 0.5) is 0 Å². The number of phenols is 1. The summed E-state index contributed by atoms with van der Waals surface area (Å²) >= 11 is 0. The smallest absolute Gasteiger partial charge is 0.115 e. The summed E-state index contributed by atoms with van der Waals surface area (Å²) in [6.07, 6.45) is 8.08. The fourth-order valence-corrected chi connectivity index (χ4v) is 6.15. The zero-order chi connectivity index (χ0) is 12.8. The number of likely N-dealkylation sites (tertiary alicyclic amines) is 1. The van der Waals surface area contributed by atoms with Crippen molar-refractivity contribution in [3.05, 3.63) is 29.3 Å². The number of phenolic OH excluding ortho intramolecular Hbond substituents is 1. The molecule has 4 aliphatic rings. The number of piperidine rings is 1. The average molecular weight is 255 g/mol. The summed E-state index contributed by atoms with van der Waals surface area (Å²) in [6.45, 7) is 0. The third kappa shape index (κ3) is 1.02. The summed E-state index contributed by atoms with van der Waals surface area (Å²) in [6, 6.07) is 6.98. The van der Waals surface area contributed by atoms with Gasteiger partial charge in [0.25, 0.3) is 0 Å². The molecule has 0 aromatic heterocycles. The van der Waals surface area contributed by atoms with E-state index < -0.39 is 0 Å². The molecule has 2 heteroatoms. The standard InChI is InChI=1S/C17H21NO/c1-18-15-13-4-2-3-7-16(13)10-17(15,18)9-11-5-6-12(19)8-14(11)16/h5-6,8,13,15,19H,2-4,7,9-10H2,1H3/t13-,15-,16+,17?,18?/m1/s1. The minimum Gasteiger partial charge on any atom is -0.508 e. The van der Waals surface area contributed by atoms with Crippen LogP contribution in [0.15, 0.2) is 18.2 Å². The zero-order valence-corrected chi connectivity index (χ0v) is 11.5. The Balaban J connectivity index is 1.76. The lowest BCUT2D eigenvalue weighted by molar-refractivity contribution is 0.148. The van der Waals surface area contributed by atoms with Crippen LogP contribution in [0.5, 0.6) is 5.75 Å². The van der Waals surface area contributed by atoms with E-state index in [0.29, 0.717) is 16.7 Å². The normalized spacial score (nSPS) is 49.2. The second-order valence-corrected chi connectivity index (χ2v) is 7.36. The van der Waals surface area contributed by atoms with E-state index in [0.717, 1.165) is 12.0 Å². The Morgan fingerprint density at radius 3 is 3.11 bits per heavy atom. The highest BCUT2D eigenvalue weighted by molar-refractivity contribution is 5.52. The molecule has 100 valence electrons.